The fraction of sp³-hybridized carbons (Fsp3) is 0.0952. The average Bonchev–Trinajstić information content (AvgIpc) is 3.19. The Hall–Kier alpha value is -3.59. The molecule has 0 bridgehead atoms. The minimum Gasteiger partial charge on any atom is -0.322 e. The number of amides is 1. The Morgan fingerprint density at radius 3 is 2.73 bits per heavy atom. The van der Waals surface area contributed by atoms with Crippen LogP contribution >= 0.6 is 11.8 Å². The Labute approximate surface area is 176 Å². The zero-order valence-corrected chi connectivity index (χ0v) is 16.8. The van der Waals surface area contributed by atoms with Crippen molar-refractivity contribution in [1.82, 2.24) is 25.2 Å². The van der Waals surface area contributed by atoms with Gasteiger partial charge in [-0.25, -0.2) is 14.1 Å². The molecule has 1 N–H and O–H groups in total. The van der Waals surface area contributed by atoms with Gasteiger partial charge < -0.3 is 5.32 Å². The van der Waals surface area contributed by atoms with Gasteiger partial charge in [0.1, 0.15) is 10.8 Å². The first-order valence-corrected chi connectivity index (χ1v) is 10.0. The van der Waals surface area contributed by atoms with Crippen molar-refractivity contribution in [2.45, 2.75) is 10.8 Å². The highest BCUT2D eigenvalue weighted by molar-refractivity contribution is 7.98. The summed E-state index contributed by atoms with van der Waals surface area (Å²) < 4.78 is 14.6. The number of carbonyl (C=O) groups is 1. The highest BCUT2D eigenvalue weighted by Gasteiger charge is 2.14. The Kier molecular flexibility index (Phi) is 5.80. The molecule has 4 aromatic rings. The molecule has 2 aromatic carbocycles. The number of aromatic nitrogens is 5. The summed E-state index contributed by atoms with van der Waals surface area (Å²) >= 11 is 1.42. The van der Waals surface area contributed by atoms with Gasteiger partial charge >= 0.3 is 0 Å². The van der Waals surface area contributed by atoms with Crippen LogP contribution in [-0.4, -0.2) is 31.1 Å². The first kappa shape index (κ1) is 19.7. The van der Waals surface area contributed by atoms with Crippen LogP contribution in [0.15, 0.2) is 71.9 Å². The molecule has 150 valence electrons. The van der Waals surface area contributed by atoms with Crippen LogP contribution in [0, 0.1) is 5.82 Å². The van der Waals surface area contributed by atoms with Gasteiger partial charge in [0.05, 0.1) is 5.56 Å². The summed E-state index contributed by atoms with van der Waals surface area (Å²) in [6.45, 7) is 0. The van der Waals surface area contributed by atoms with E-state index in [1.165, 1.54) is 23.9 Å². The fourth-order valence-corrected chi connectivity index (χ4v) is 3.77. The van der Waals surface area contributed by atoms with E-state index < -0.39 is 0 Å². The van der Waals surface area contributed by atoms with E-state index in [1.807, 2.05) is 18.2 Å². The number of anilines is 1. The minimum atomic E-state index is -0.277. The lowest BCUT2D eigenvalue weighted by Gasteiger charge is -2.10. The fourth-order valence-electron chi connectivity index (χ4n) is 2.82. The van der Waals surface area contributed by atoms with Crippen LogP contribution in [0.25, 0.3) is 11.4 Å². The van der Waals surface area contributed by atoms with E-state index >= 15 is 0 Å². The molecule has 0 unspecified atom stereocenters. The number of nitrogens with one attached hydrogen (secondary N) is 1. The Morgan fingerprint density at radius 1 is 1.13 bits per heavy atom. The largest absolute Gasteiger partial charge is 0.322 e. The molecule has 0 radical (unpaired) electrons. The number of pyridine rings is 1. The quantitative estimate of drug-likeness (QED) is 0.475. The number of tetrazole rings is 1. The summed E-state index contributed by atoms with van der Waals surface area (Å²) in [6.07, 6.45) is 1.64. The lowest BCUT2D eigenvalue weighted by Crippen LogP contribution is -2.13. The van der Waals surface area contributed by atoms with Crippen LogP contribution in [0.3, 0.4) is 0 Å². The average molecular weight is 420 g/mol. The highest BCUT2D eigenvalue weighted by Crippen LogP contribution is 2.26. The molecule has 2 heterocycles. The number of halogens is 1. The maximum absolute atomic E-state index is 13.1. The Bertz CT molecular complexity index is 1180. The van der Waals surface area contributed by atoms with Crippen LogP contribution in [0.1, 0.15) is 15.9 Å². The topological polar surface area (TPSA) is 85.6 Å². The van der Waals surface area contributed by atoms with E-state index in [0.717, 1.165) is 11.1 Å². The third-order valence-electron chi connectivity index (χ3n) is 4.30. The molecule has 0 saturated heterocycles. The van der Waals surface area contributed by atoms with Crippen molar-refractivity contribution in [1.29, 1.82) is 0 Å². The molecule has 0 atom stereocenters. The zero-order valence-electron chi connectivity index (χ0n) is 16.0. The minimum absolute atomic E-state index is 0.266. The molecule has 0 aliphatic carbocycles. The van der Waals surface area contributed by atoms with Crippen LogP contribution in [0.5, 0.6) is 0 Å². The summed E-state index contributed by atoms with van der Waals surface area (Å²) in [5.74, 6) is 0.633. The lowest BCUT2D eigenvalue weighted by atomic mass is 10.2. The second-order valence-electron chi connectivity index (χ2n) is 6.43. The van der Waals surface area contributed by atoms with Gasteiger partial charge in [0.15, 0.2) is 5.82 Å². The van der Waals surface area contributed by atoms with Crippen molar-refractivity contribution < 1.29 is 9.18 Å². The number of rotatable bonds is 6. The number of benzene rings is 2. The highest BCUT2D eigenvalue weighted by atomic mass is 32.2. The van der Waals surface area contributed by atoms with Crippen molar-refractivity contribution in [3.8, 4) is 11.4 Å². The maximum atomic E-state index is 13.1. The number of hydrogen-bond donors (Lipinski definition) is 1. The summed E-state index contributed by atoms with van der Waals surface area (Å²) in [5, 5.41) is 15.0. The van der Waals surface area contributed by atoms with Gasteiger partial charge in [0.25, 0.3) is 5.91 Å². The van der Waals surface area contributed by atoms with Crippen LogP contribution in [0.2, 0.25) is 0 Å². The van der Waals surface area contributed by atoms with E-state index in [-0.39, 0.29) is 11.7 Å². The summed E-state index contributed by atoms with van der Waals surface area (Å²) in [5.41, 5.74) is 2.83. The van der Waals surface area contributed by atoms with E-state index in [2.05, 4.69) is 25.8 Å². The smallest absolute Gasteiger partial charge is 0.258 e. The molecule has 2 aromatic heterocycles. The van der Waals surface area contributed by atoms with Gasteiger partial charge in [-0.1, -0.05) is 24.3 Å². The number of carbonyl (C=O) groups excluding carboxylic acids is 1. The van der Waals surface area contributed by atoms with Crippen LogP contribution in [-0.2, 0) is 12.8 Å². The second kappa shape index (κ2) is 8.83. The molecule has 1 amide bonds. The van der Waals surface area contributed by atoms with E-state index in [9.17, 15) is 9.18 Å². The third-order valence-corrected chi connectivity index (χ3v) is 5.38. The predicted octanol–water partition coefficient (Wildman–Crippen LogP) is 3.96. The molecule has 7 nitrogen and oxygen atoms in total. The number of nitrogens with zero attached hydrogens (tertiary/aromatic N) is 5. The van der Waals surface area contributed by atoms with E-state index in [1.54, 1.807) is 48.3 Å². The predicted molar refractivity (Wildman–Crippen MR) is 112 cm³/mol. The number of aryl methyl sites for hydroxylation is 1. The molecule has 0 saturated carbocycles. The number of hydrogen-bond acceptors (Lipinski definition) is 6. The SMILES string of the molecule is Cn1nnnc1-c1cccc(NC(=O)c2cccnc2SCc2ccc(F)cc2)c1. The van der Waals surface area contributed by atoms with Crippen molar-refractivity contribution in [2.75, 3.05) is 5.32 Å². The number of thioether (sulfide) groups is 1. The molecule has 4 rings (SSSR count). The standard InChI is InChI=1S/C21H17FN6OS/c1-28-19(25-26-27-28)15-4-2-5-17(12-15)24-20(29)18-6-3-11-23-21(18)30-13-14-7-9-16(22)10-8-14/h2-12H,13H2,1H3,(H,24,29). The summed E-state index contributed by atoms with van der Waals surface area (Å²) in [4.78, 5) is 17.2. The summed E-state index contributed by atoms with van der Waals surface area (Å²) in [7, 11) is 1.75. The van der Waals surface area contributed by atoms with Gasteiger partial charge in [-0.3, -0.25) is 4.79 Å². The Morgan fingerprint density at radius 2 is 1.97 bits per heavy atom. The molecule has 0 spiro atoms. The molecular formula is C21H17FN6OS. The van der Waals surface area contributed by atoms with Crippen LogP contribution < -0.4 is 5.32 Å². The van der Waals surface area contributed by atoms with Gasteiger partial charge in [-0.05, 0) is 52.4 Å². The molecule has 0 fully saturated rings. The van der Waals surface area contributed by atoms with Crippen LogP contribution in [0.4, 0.5) is 10.1 Å². The van der Waals surface area contributed by atoms with Gasteiger partial charge in [-0.15, -0.1) is 16.9 Å². The maximum Gasteiger partial charge on any atom is 0.258 e. The molecule has 0 aliphatic rings. The van der Waals surface area contributed by atoms with E-state index in [0.29, 0.717) is 27.9 Å². The van der Waals surface area contributed by atoms with Gasteiger partial charge in [0.2, 0.25) is 0 Å². The van der Waals surface area contributed by atoms with Gasteiger partial charge in [0, 0.05) is 30.2 Å². The normalized spacial score (nSPS) is 10.7. The third kappa shape index (κ3) is 4.52. The Balaban J connectivity index is 1.50. The first-order chi connectivity index (χ1) is 14.6. The van der Waals surface area contributed by atoms with E-state index in [4.69, 9.17) is 0 Å². The van der Waals surface area contributed by atoms with Crippen molar-refractivity contribution in [3.05, 3.63) is 83.8 Å². The van der Waals surface area contributed by atoms with Crippen molar-refractivity contribution in [3.63, 3.8) is 0 Å². The summed E-state index contributed by atoms with van der Waals surface area (Å²) in [6, 6.07) is 17.0. The van der Waals surface area contributed by atoms with Crippen molar-refractivity contribution in [2.24, 2.45) is 7.05 Å². The van der Waals surface area contributed by atoms with Crippen molar-refractivity contribution >= 4 is 23.4 Å². The lowest BCUT2D eigenvalue weighted by molar-refractivity contribution is 0.102. The zero-order chi connectivity index (χ0) is 20.9. The molecule has 9 heteroatoms. The van der Waals surface area contributed by atoms with Gasteiger partial charge in [-0.2, -0.15) is 0 Å². The molecule has 0 aliphatic heterocycles. The second-order valence-corrected chi connectivity index (χ2v) is 7.40. The molecular weight excluding hydrogens is 403 g/mol. The molecule has 30 heavy (non-hydrogen) atoms. The monoisotopic (exact) mass is 420 g/mol. The first-order valence-electron chi connectivity index (χ1n) is 9.06.